The number of nitrogens with zero attached hydrogens (tertiary/aromatic N) is 2. The Kier molecular flexibility index (Phi) is 4.79. The lowest BCUT2D eigenvalue weighted by Gasteiger charge is -2.31. The van der Waals surface area contributed by atoms with Crippen LogP contribution in [0.1, 0.15) is 63.2 Å². The van der Waals surface area contributed by atoms with Gasteiger partial charge in [0.15, 0.2) is 0 Å². The van der Waals surface area contributed by atoms with Crippen molar-refractivity contribution in [1.82, 2.24) is 9.55 Å². The molecule has 114 valence electrons. The number of benzene rings is 1. The fourth-order valence-electron chi connectivity index (χ4n) is 3.62. The molecule has 0 radical (unpaired) electrons. The van der Waals surface area contributed by atoms with Crippen LogP contribution in [0.3, 0.4) is 0 Å². The maximum Gasteiger partial charge on any atom is 0.127 e. The first kappa shape index (κ1) is 15.6. The number of halogens is 2. The molecule has 2 aromatic rings. The van der Waals surface area contributed by atoms with Crippen LogP contribution in [0, 0.1) is 9.49 Å². The molecule has 1 fully saturated rings. The van der Waals surface area contributed by atoms with Gasteiger partial charge in [0.1, 0.15) is 5.82 Å². The second-order valence-electron chi connectivity index (χ2n) is 6.18. The van der Waals surface area contributed by atoms with Crippen molar-refractivity contribution in [3.05, 3.63) is 27.6 Å². The molecule has 0 spiro atoms. The van der Waals surface area contributed by atoms with E-state index in [0.717, 1.165) is 17.3 Å². The minimum atomic E-state index is -0.0444. The van der Waals surface area contributed by atoms with E-state index in [2.05, 4.69) is 52.3 Å². The van der Waals surface area contributed by atoms with E-state index in [0.29, 0.717) is 6.04 Å². The molecule has 1 aliphatic carbocycles. The molecule has 0 amide bonds. The lowest BCUT2D eigenvalue weighted by atomic mass is 9.84. The van der Waals surface area contributed by atoms with E-state index < -0.39 is 0 Å². The molecule has 1 aromatic heterocycles. The van der Waals surface area contributed by atoms with Crippen LogP contribution < -0.4 is 0 Å². The fraction of sp³-hybridized carbons (Fsp3) is 0.588. The number of hydrogen-bond donors (Lipinski definition) is 0. The maximum atomic E-state index is 6.42. The Morgan fingerprint density at radius 3 is 2.95 bits per heavy atom. The molecule has 1 aliphatic rings. The third-order valence-electron chi connectivity index (χ3n) is 4.73. The highest BCUT2D eigenvalue weighted by atomic mass is 127. The summed E-state index contributed by atoms with van der Waals surface area (Å²) in [5.41, 5.74) is 2.34. The molecular weight excluding hydrogens is 395 g/mol. The van der Waals surface area contributed by atoms with E-state index in [1.165, 1.54) is 41.2 Å². The van der Waals surface area contributed by atoms with Crippen molar-refractivity contribution < 1.29 is 0 Å². The first-order chi connectivity index (χ1) is 10.1. The van der Waals surface area contributed by atoms with Gasteiger partial charge in [-0.25, -0.2) is 4.98 Å². The quantitative estimate of drug-likeness (QED) is 0.438. The van der Waals surface area contributed by atoms with Crippen LogP contribution in [-0.2, 0) is 0 Å². The van der Waals surface area contributed by atoms with Gasteiger partial charge in [0.25, 0.3) is 0 Å². The molecule has 0 bridgehead atoms. The molecule has 3 atom stereocenters. The molecule has 1 saturated carbocycles. The lowest BCUT2D eigenvalue weighted by Crippen LogP contribution is -2.20. The van der Waals surface area contributed by atoms with Gasteiger partial charge in [-0.15, -0.1) is 11.6 Å². The summed E-state index contributed by atoms with van der Waals surface area (Å²) in [6.45, 7) is 4.34. The van der Waals surface area contributed by atoms with E-state index in [1.807, 2.05) is 6.92 Å². The standard InChI is InChI=1S/C17H22ClIN2/c1-3-12-5-4-6-14(9-12)21-16-8-7-13(19)10-15(16)20-17(21)11(2)18/h7-8,10-12,14H,3-6,9H2,1-2H3. The number of imidazole rings is 1. The van der Waals surface area contributed by atoms with Crippen LogP contribution >= 0.6 is 34.2 Å². The third-order valence-corrected chi connectivity index (χ3v) is 5.60. The summed E-state index contributed by atoms with van der Waals surface area (Å²) in [7, 11) is 0. The van der Waals surface area contributed by atoms with Crippen LogP contribution in [0.25, 0.3) is 11.0 Å². The molecule has 3 rings (SSSR count). The van der Waals surface area contributed by atoms with Gasteiger partial charge in [0.05, 0.1) is 16.4 Å². The van der Waals surface area contributed by atoms with Crippen LogP contribution in [0.2, 0.25) is 0 Å². The van der Waals surface area contributed by atoms with E-state index in [1.54, 1.807) is 0 Å². The Morgan fingerprint density at radius 1 is 1.43 bits per heavy atom. The summed E-state index contributed by atoms with van der Waals surface area (Å²) in [4.78, 5) is 4.83. The van der Waals surface area contributed by atoms with E-state index >= 15 is 0 Å². The lowest BCUT2D eigenvalue weighted by molar-refractivity contribution is 0.261. The van der Waals surface area contributed by atoms with Crippen molar-refractivity contribution in [2.45, 2.75) is 57.4 Å². The van der Waals surface area contributed by atoms with Crippen molar-refractivity contribution in [2.24, 2.45) is 5.92 Å². The summed E-state index contributed by atoms with van der Waals surface area (Å²) in [5, 5.41) is -0.0444. The SMILES string of the molecule is CCC1CCCC(n2c(C(C)Cl)nc3cc(I)ccc32)C1. The zero-order valence-corrected chi connectivity index (χ0v) is 15.6. The predicted molar refractivity (Wildman–Crippen MR) is 98.0 cm³/mol. The Bertz CT molecular complexity index is 635. The van der Waals surface area contributed by atoms with Crippen molar-refractivity contribution in [3.8, 4) is 0 Å². The zero-order valence-electron chi connectivity index (χ0n) is 12.6. The summed E-state index contributed by atoms with van der Waals surface area (Å²) in [5.74, 6) is 1.89. The molecule has 1 aromatic carbocycles. The molecule has 4 heteroatoms. The Balaban J connectivity index is 2.08. The van der Waals surface area contributed by atoms with Crippen molar-refractivity contribution in [2.75, 3.05) is 0 Å². The normalized spacial score (nSPS) is 24.4. The fourth-order valence-corrected chi connectivity index (χ4v) is 4.25. The van der Waals surface area contributed by atoms with Gasteiger partial charge < -0.3 is 4.57 Å². The molecule has 2 nitrogen and oxygen atoms in total. The Hall–Kier alpha value is -0.290. The Morgan fingerprint density at radius 2 is 2.24 bits per heavy atom. The van der Waals surface area contributed by atoms with Gasteiger partial charge >= 0.3 is 0 Å². The van der Waals surface area contributed by atoms with Crippen LogP contribution in [0.5, 0.6) is 0 Å². The highest BCUT2D eigenvalue weighted by Gasteiger charge is 2.26. The number of aromatic nitrogens is 2. The predicted octanol–water partition coefficient (Wildman–Crippen LogP) is 6.08. The van der Waals surface area contributed by atoms with Gasteiger partial charge in [-0.2, -0.15) is 0 Å². The topological polar surface area (TPSA) is 17.8 Å². The van der Waals surface area contributed by atoms with Gasteiger partial charge in [0.2, 0.25) is 0 Å². The number of fused-ring (bicyclic) bond motifs is 1. The maximum absolute atomic E-state index is 6.42. The van der Waals surface area contributed by atoms with Gasteiger partial charge in [-0.3, -0.25) is 0 Å². The number of rotatable bonds is 3. The van der Waals surface area contributed by atoms with Crippen molar-refractivity contribution >= 4 is 45.2 Å². The molecule has 21 heavy (non-hydrogen) atoms. The molecular formula is C17H22ClIN2. The van der Waals surface area contributed by atoms with Crippen molar-refractivity contribution in [3.63, 3.8) is 0 Å². The zero-order chi connectivity index (χ0) is 15.0. The molecule has 1 heterocycles. The minimum absolute atomic E-state index is 0.0444. The average molecular weight is 417 g/mol. The third kappa shape index (κ3) is 3.09. The summed E-state index contributed by atoms with van der Waals surface area (Å²) < 4.78 is 3.67. The second kappa shape index (κ2) is 6.45. The Labute approximate surface area is 145 Å². The first-order valence-electron chi connectivity index (χ1n) is 7.91. The molecule has 3 unspecified atom stereocenters. The van der Waals surface area contributed by atoms with Crippen LogP contribution in [0.15, 0.2) is 18.2 Å². The van der Waals surface area contributed by atoms with Crippen LogP contribution in [0.4, 0.5) is 0 Å². The van der Waals surface area contributed by atoms with Gasteiger partial charge in [-0.05, 0) is 66.5 Å². The first-order valence-corrected chi connectivity index (χ1v) is 9.43. The van der Waals surface area contributed by atoms with E-state index in [4.69, 9.17) is 16.6 Å². The minimum Gasteiger partial charge on any atom is -0.324 e. The molecule has 0 aliphatic heterocycles. The molecule has 0 saturated heterocycles. The largest absolute Gasteiger partial charge is 0.324 e. The van der Waals surface area contributed by atoms with Crippen molar-refractivity contribution in [1.29, 1.82) is 0 Å². The van der Waals surface area contributed by atoms with Crippen LogP contribution in [-0.4, -0.2) is 9.55 Å². The van der Waals surface area contributed by atoms with E-state index in [9.17, 15) is 0 Å². The number of alkyl halides is 1. The summed E-state index contributed by atoms with van der Waals surface area (Å²) >= 11 is 8.77. The highest BCUT2D eigenvalue weighted by Crippen LogP contribution is 2.38. The number of hydrogen-bond acceptors (Lipinski definition) is 1. The van der Waals surface area contributed by atoms with E-state index in [-0.39, 0.29) is 5.38 Å². The monoisotopic (exact) mass is 416 g/mol. The highest BCUT2D eigenvalue weighted by molar-refractivity contribution is 14.1. The smallest absolute Gasteiger partial charge is 0.127 e. The molecule has 0 N–H and O–H groups in total. The second-order valence-corrected chi connectivity index (χ2v) is 8.08. The summed E-state index contributed by atoms with van der Waals surface area (Å²) in [6, 6.07) is 7.10. The van der Waals surface area contributed by atoms with Gasteiger partial charge in [-0.1, -0.05) is 26.2 Å². The average Bonchev–Trinajstić information content (AvgIpc) is 2.86. The summed E-state index contributed by atoms with van der Waals surface area (Å²) in [6.07, 6.45) is 6.51. The van der Waals surface area contributed by atoms with Gasteiger partial charge in [0, 0.05) is 9.61 Å².